The Hall–Kier alpha value is -2.31. The lowest BCUT2D eigenvalue weighted by Gasteiger charge is -2.31. The smallest absolute Gasteiger partial charge is 0.310 e. The number of likely N-dealkylation sites (tertiary alicyclic amines) is 1. The van der Waals surface area contributed by atoms with E-state index in [1.54, 1.807) is 4.90 Å². The Morgan fingerprint density at radius 2 is 2.19 bits per heavy atom. The molecule has 0 bridgehead atoms. The highest BCUT2D eigenvalue weighted by atomic mass is 16.5. The summed E-state index contributed by atoms with van der Waals surface area (Å²) >= 11 is 0. The number of piperidine rings is 1. The number of pyridine rings is 1. The molecule has 7 nitrogen and oxygen atoms in total. The molecule has 2 rings (SSSR count). The number of aromatic nitrogens is 1. The first-order valence-electron chi connectivity index (χ1n) is 6.83. The number of esters is 1. The first-order chi connectivity index (χ1) is 10.0. The Bertz CT molecular complexity index is 596. The van der Waals surface area contributed by atoms with Crippen molar-refractivity contribution in [3.63, 3.8) is 0 Å². The molecule has 1 aromatic heterocycles. The van der Waals surface area contributed by atoms with Gasteiger partial charge in [0, 0.05) is 31.0 Å². The average molecular weight is 293 g/mol. The zero-order valence-corrected chi connectivity index (χ0v) is 11.9. The minimum atomic E-state index is -0.298. The average Bonchev–Trinajstić information content (AvgIpc) is 2.50. The summed E-state index contributed by atoms with van der Waals surface area (Å²) in [5.41, 5.74) is 5.76. The Balaban J connectivity index is 2.04. The number of carbonyl (C=O) groups excluding carboxylic acids is 2. The summed E-state index contributed by atoms with van der Waals surface area (Å²) in [6, 6.07) is 2.83. The fraction of sp³-hybridized carbons (Fsp3) is 0.500. The fourth-order valence-electron chi connectivity index (χ4n) is 2.48. The van der Waals surface area contributed by atoms with E-state index in [-0.39, 0.29) is 29.9 Å². The summed E-state index contributed by atoms with van der Waals surface area (Å²) in [6.45, 7) is 0.851. The van der Waals surface area contributed by atoms with Crippen molar-refractivity contribution in [3.8, 4) is 0 Å². The maximum atomic E-state index is 12.3. The molecule has 0 spiro atoms. The predicted octanol–water partition coefficient (Wildman–Crippen LogP) is -0.158. The number of anilines is 1. The minimum Gasteiger partial charge on any atom is -0.469 e. The molecular formula is C14H19N3O4. The molecule has 1 fully saturated rings. The second kappa shape index (κ2) is 6.43. The summed E-state index contributed by atoms with van der Waals surface area (Å²) in [5.74, 6) is -0.782. The SMILES string of the molecule is COC(=O)C1CCCN(C(=O)Cn2cc(N)ccc2=O)C1. The number of methoxy groups -OCH3 is 1. The molecule has 1 unspecified atom stereocenters. The van der Waals surface area contributed by atoms with Crippen molar-refractivity contribution >= 4 is 17.6 Å². The van der Waals surface area contributed by atoms with Crippen molar-refractivity contribution in [1.29, 1.82) is 0 Å². The van der Waals surface area contributed by atoms with Crippen LogP contribution in [0, 0.1) is 5.92 Å². The zero-order valence-electron chi connectivity index (χ0n) is 11.9. The number of carbonyl (C=O) groups is 2. The standard InChI is InChI=1S/C14H19N3O4/c1-21-14(20)10-3-2-6-16(7-10)13(19)9-17-8-11(15)4-5-12(17)18/h4-5,8,10H,2-3,6-7,9,15H2,1H3. The molecule has 1 atom stereocenters. The lowest BCUT2D eigenvalue weighted by molar-refractivity contribution is -0.149. The molecule has 21 heavy (non-hydrogen) atoms. The number of hydrogen-bond acceptors (Lipinski definition) is 5. The van der Waals surface area contributed by atoms with Gasteiger partial charge in [-0.3, -0.25) is 14.4 Å². The fourth-order valence-corrected chi connectivity index (χ4v) is 2.48. The molecular weight excluding hydrogens is 274 g/mol. The molecule has 7 heteroatoms. The molecule has 1 amide bonds. The van der Waals surface area contributed by atoms with E-state index in [0.717, 1.165) is 6.42 Å². The maximum Gasteiger partial charge on any atom is 0.310 e. The van der Waals surface area contributed by atoms with Crippen molar-refractivity contribution < 1.29 is 14.3 Å². The predicted molar refractivity (Wildman–Crippen MR) is 76.4 cm³/mol. The third-order valence-corrected chi connectivity index (χ3v) is 3.62. The molecule has 0 aromatic carbocycles. The van der Waals surface area contributed by atoms with Gasteiger partial charge in [0.2, 0.25) is 5.91 Å². The van der Waals surface area contributed by atoms with Gasteiger partial charge in [0.15, 0.2) is 0 Å². The molecule has 0 radical (unpaired) electrons. The summed E-state index contributed by atoms with van der Waals surface area (Å²) in [6.07, 6.45) is 2.91. The number of hydrogen-bond donors (Lipinski definition) is 1. The first kappa shape index (κ1) is 15.1. The van der Waals surface area contributed by atoms with Crippen LogP contribution >= 0.6 is 0 Å². The number of nitrogens with zero attached hydrogens (tertiary/aromatic N) is 2. The second-order valence-corrected chi connectivity index (χ2v) is 5.13. The van der Waals surface area contributed by atoms with Gasteiger partial charge in [-0.05, 0) is 18.9 Å². The topological polar surface area (TPSA) is 94.6 Å². The molecule has 1 saturated heterocycles. The van der Waals surface area contributed by atoms with Crippen LogP contribution in [-0.4, -0.2) is 41.5 Å². The molecule has 1 aromatic rings. The van der Waals surface area contributed by atoms with Crippen LogP contribution < -0.4 is 11.3 Å². The van der Waals surface area contributed by atoms with Crippen LogP contribution in [0.2, 0.25) is 0 Å². The van der Waals surface area contributed by atoms with E-state index in [2.05, 4.69) is 0 Å². The molecule has 114 valence electrons. The van der Waals surface area contributed by atoms with E-state index in [1.165, 1.54) is 30.0 Å². The van der Waals surface area contributed by atoms with Gasteiger partial charge >= 0.3 is 5.97 Å². The Labute approximate surface area is 122 Å². The number of nitrogens with two attached hydrogens (primary N) is 1. The lowest BCUT2D eigenvalue weighted by Crippen LogP contribution is -2.44. The highest BCUT2D eigenvalue weighted by Gasteiger charge is 2.29. The Morgan fingerprint density at radius 3 is 2.90 bits per heavy atom. The number of amides is 1. The van der Waals surface area contributed by atoms with Gasteiger partial charge in [0.05, 0.1) is 13.0 Å². The maximum absolute atomic E-state index is 12.3. The van der Waals surface area contributed by atoms with Crippen LogP contribution in [-0.2, 0) is 20.9 Å². The van der Waals surface area contributed by atoms with E-state index in [1.807, 2.05) is 0 Å². The van der Waals surface area contributed by atoms with Crippen LogP contribution in [0.5, 0.6) is 0 Å². The van der Waals surface area contributed by atoms with Gasteiger partial charge in [-0.25, -0.2) is 0 Å². The molecule has 2 N–H and O–H groups in total. The van der Waals surface area contributed by atoms with Gasteiger partial charge in [0.25, 0.3) is 5.56 Å². The van der Waals surface area contributed by atoms with Crippen LogP contribution in [0.4, 0.5) is 5.69 Å². The van der Waals surface area contributed by atoms with Crippen molar-refractivity contribution in [1.82, 2.24) is 9.47 Å². The highest BCUT2D eigenvalue weighted by molar-refractivity contribution is 5.78. The molecule has 1 aliphatic heterocycles. The van der Waals surface area contributed by atoms with Gasteiger partial charge < -0.3 is 19.9 Å². The van der Waals surface area contributed by atoms with Crippen LogP contribution in [0.1, 0.15) is 12.8 Å². The minimum absolute atomic E-state index is 0.0717. The monoisotopic (exact) mass is 293 g/mol. The van der Waals surface area contributed by atoms with Crippen LogP contribution in [0.25, 0.3) is 0 Å². The first-order valence-corrected chi connectivity index (χ1v) is 6.83. The number of nitrogen functional groups attached to an aromatic ring is 1. The molecule has 2 heterocycles. The van der Waals surface area contributed by atoms with Crippen molar-refractivity contribution in [2.75, 3.05) is 25.9 Å². The van der Waals surface area contributed by atoms with Crippen LogP contribution in [0.15, 0.2) is 23.1 Å². The van der Waals surface area contributed by atoms with E-state index < -0.39 is 0 Å². The van der Waals surface area contributed by atoms with E-state index >= 15 is 0 Å². The van der Waals surface area contributed by atoms with E-state index in [0.29, 0.717) is 25.2 Å². The largest absolute Gasteiger partial charge is 0.469 e. The van der Waals surface area contributed by atoms with Crippen molar-refractivity contribution in [2.45, 2.75) is 19.4 Å². The summed E-state index contributed by atoms with van der Waals surface area (Å²) < 4.78 is 6.00. The summed E-state index contributed by atoms with van der Waals surface area (Å²) in [5, 5.41) is 0. The third-order valence-electron chi connectivity index (χ3n) is 3.62. The summed E-state index contributed by atoms with van der Waals surface area (Å²) in [4.78, 5) is 37.1. The van der Waals surface area contributed by atoms with Gasteiger partial charge in [-0.15, -0.1) is 0 Å². The van der Waals surface area contributed by atoms with Crippen molar-refractivity contribution in [2.24, 2.45) is 5.92 Å². The van der Waals surface area contributed by atoms with Gasteiger partial charge in [0.1, 0.15) is 6.54 Å². The molecule has 0 aliphatic carbocycles. The normalized spacial score (nSPS) is 18.3. The third kappa shape index (κ3) is 3.62. The lowest BCUT2D eigenvalue weighted by atomic mass is 9.98. The molecule has 0 saturated carbocycles. The number of ether oxygens (including phenoxy) is 1. The Morgan fingerprint density at radius 1 is 1.43 bits per heavy atom. The molecule has 1 aliphatic rings. The Kier molecular flexibility index (Phi) is 4.62. The second-order valence-electron chi connectivity index (χ2n) is 5.13. The zero-order chi connectivity index (χ0) is 15.4. The van der Waals surface area contributed by atoms with E-state index in [9.17, 15) is 14.4 Å². The quantitative estimate of drug-likeness (QED) is 0.782. The van der Waals surface area contributed by atoms with Gasteiger partial charge in [-0.2, -0.15) is 0 Å². The van der Waals surface area contributed by atoms with E-state index in [4.69, 9.17) is 10.5 Å². The number of rotatable bonds is 3. The van der Waals surface area contributed by atoms with Crippen LogP contribution in [0.3, 0.4) is 0 Å². The van der Waals surface area contributed by atoms with Gasteiger partial charge in [-0.1, -0.05) is 0 Å². The van der Waals surface area contributed by atoms with Crippen molar-refractivity contribution in [3.05, 3.63) is 28.7 Å². The summed E-state index contributed by atoms with van der Waals surface area (Å²) in [7, 11) is 1.34. The highest BCUT2D eigenvalue weighted by Crippen LogP contribution is 2.18.